The van der Waals surface area contributed by atoms with E-state index >= 15 is 0 Å². The highest BCUT2D eigenvalue weighted by molar-refractivity contribution is 7.91. The third-order valence-electron chi connectivity index (χ3n) is 7.36. The van der Waals surface area contributed by atoms with E-state index in [0.717, 1.165) is 30.5 Å². The van der Waals surface area contributed by atoms with Crippen LogP contribution >= 0.6 is 0 Å². The maximum atomic E-state index is 13.4. The first-order valence-electron chi connectivity index (χ1n) is 11.0. The van der Waals surface area contributed by atoms with E-state index in [9.17, 15) is 8.42 Å². The summed E-state index contributed by atoms with van der Waals surface area (Å²) in [5, 5.41) is 0. The van der Waals surface area contributed by atoms with Crippen molar-refractivity contribution in [3.8, 4) is 0 Å². The zero-order valence-corrected chi connectivity index (χ0v) is 19.1. The Morgan fingerprint density at radius 2 is 1.48 bits per heavy atom. The standard InChI is InChI=1S/C26H28N2O2S/c1-4-26(5-2)18-25-27(3)23-13-9-10-14-24(23)28(25)22-16-15-20(17-21(22)26)31(29,30)19-11-7-6-8-12-19/h6-17,25H,4-5,18H2,1-3H3. The second kappa shape index (κ2) is 7.13. The van der Waals surface area contributed by atoms with Crippen molar-refractivity contribution in [1.29, 1.82) is 0 Å². The zero-order chi connectivity index (χ0) is 21.8. The van der Waals surface area contributed by atoms with E-state index in [1.165, 1.54) is 11.4 Å². The third-order valence-corrected chi connectivity index (χ3v) is 9.12. The molecule has 160 valence electrons. The average Bonchev–Trinajstić information content (AvgIpc) is 3.10. The highest BCUT2D eigenvalue weighted by atomic mass is 32.2. The van der Waals surface area contributed by atoms with Gasteiger partial charge in [0.25, 0.3) is 0 Å². The quantitative estimate of drug-likeness (QED) is 0.515. The molecule has 0 radical (unpaired) electrons. The summed E-state index contributed by atoms with van der Waals surface area (Å²) in [6.45, 7) is 4.45. The molecule has 0 fully saturated rings. The largest absolute Gasteiger partial charge is 0.352 e. The fourth-order valence-corrected chi connectivity index (χ4v) is 6.72. The van der Waals surface area contributed by atoms with Crippen LogP contribution in [-0.4, -0.2) is 21.6 Å². The number of benzene rings is 3. The molecule has 4 nitrogen and oxygen atoms in total. The van der Waals surface area contributed by atoms with Gasteiger partial charge in [-0.15, -0.1) is 0 Å². The molecule has 2 aliphatic heterocycles. The number of anilines is 3. The van der Waals surface area contributed by atoms with Crippen molar-refractivity contribution >= 4 is 26.9 Å². The topological polar surface area (TPSA) is 40.6 Å². The highest BCUT2D eigenvalue weighted by Gasteiger charge is 2.47. The van der Waals surface area contributed by atoms with Gasteiger partial charge < -0.3 is 9.80 Å². The van der Waals surface area contributed by atoms with Gasteiger partial charge in [0.2, 0.25) is 9.84 Å². The fourth-order valence-electron chi connectivity index (χ4n) is 5.41. The van der Waals surface area contributed by atoms with Crippen LogP contribution in [0, 0.1) is 0 Å². The Bertz CT molecular complexity index is 1230. The van der Waals surface area contributed by atoms with E-state index in [4.69, 9.17) is 0 Å². The summed E-state index contributed by atoms with van der Waals surface area (Å²) >= 11 is 0. The lowest BCUT2D eigenvalue weighted by molar-refractivity contribution is 0.319. The molecule has 0 aliphatic carbocycles. The van der Waals surface area contributed by atoms with Gasteiger partial charge >= 0.3 is 0 Å². The third kappa shape index (κ3) is 2.83. The van der Waals surface area contributed by atoms with Gasteiger partial charge in [-0.25, -0.2) is 8.42 Å². The number of hydrogen-bond acceptors (Lipinski definition) is 4. The molecule has 5 rings (SSSR count). The molecule has 3 aromatic carbocycles. The number of nitrogens with zero attached hydrogens (tertiary/aromatic N) is 2. The summed E-state index contributed by atoms with van der Waals surface area (Å²) in [5.41, 5.74) is 4.63. The van der Waals surface area contributed by atoms with E-state index < -0.39 is 9.84 Å². The molecule has 0 spiro atoms. The summed E-state index contributed by atoms with van der Waals surface area (Å²) in [6, 6.07) is 23.0. The van der Waals surface area contributed by atoms with E-state index in [1.54, 1.807) is 30.3 Å². The van der Waals surface area contributed by atoms with Crippen molar-refractivity contribution < 1.29 is 8.42 Å². The number of para-hydroxylation sites is 2. The Kier molecular flexibility index (Phi) is 4.63. The molecular weight excluding hydrogens is 404 g/mol. The Labute approximate surface area is 185 Å². The first-order valence-corrected chi connectivity index (χ1v) is 12.5. The number of sulfone groups is 1. The summed E-state index contributed by atoms with van der Waals surface area (Å²) < 4.78 is 26.7. The van der Waals surface area contributed by atoms with Gasteiger partial charge in [-0.3, -0.25) is 0 Å². The molecule has 3 aromatic rings. The average molecular weight is 433 g/mol. The Morgan fingerprint density at radius 3 is 2.16 bits per heavy atom. The van der Waals surface area contributed by atoms with Gasteiger partial charge in [0.15, 0.2) is 0 Å². The van der Waals surface area contributed by atoms with Gasteiger partial charge in [0.05, 0.1) is 21.2 Å². The van der Waals surface area contributed by atoms with Crippen LogP contribution in [0.5, 0.6) is 0 Å². The predicted molar refractivity (Wildman–Crippen MR) is 126 cm³/mol. The summed E-state index contributed by atoms with van der Waals surface area (Å²) in [4.78, 5) is 5.48. The van der Waals surface area contributed by atoms with Crippen molar-refractivity contribution in [2.75, 3.05) is 16.8 Å². The summed E-state index contributed by atoms with van der Waals surface area (Å²) in [5.74, 6) is 0. The minimum atomic E-state index is -3.56. The molecule has 1 atom stereocenters. The van der Waals surface area contributed by atoms with E-state index in [1.807, 2.05) is 18.2 Å². The van der Waals surface area contributed by atoms with Crippen LogP contribution in [-0.2, 0) is 15.3 Å². The second-order valence-corrected chi connectivity index (χ2v) is 10.6. The van der Waals surface area contributed by atoms with Crippen LogP contribution in [0.25, 0.3) is 0 Å². The lowest BCUT2D eigenvalue weighted by Crippen LogP contribution is -2.49. The van der Waals surface area contributed by atoms with Gasteiger partial charge in [0, 0.05) is 18.2 Å². The maximum Gasteiger partial charge on any atom is 0.206 e. The van der Waals surface area contributed by atoms with Crippen molar-refractivity contribution in [2.45, 2.75) is 54.5 Å². The number of fused-ring (bicyclic) bond motifs is 5. The lowest BCUT2D eigenvalue weighted by atomic mass is 9.69. The van der Waals surface area contributed by atoms with Crippen molar-refractivity contribution in [2.24, 2.45) is 0 Å². The Hall–Kier alpha value is -2.79. The molecule has 0 aromatic heterocycles. The van der Waals surface area contributed by atoms with Crippen LogP contribution in [0.3, 0.4) is 0 Å². The van der Waals surface area contributed by atoms with Crippen LogP contribution in [0.15, 0.2) is 82.6 Å². The molecule has 0 saturated carbocycles. The molecule has 0 N–H and O–H groups in total. The van der Waals surface area contributed by atoms with Crippen LogP contribution in [0.2, 0.25) is 0 Å². The van der Waals surface area contributed by atoms with E-state index in [0.29, 0.717) is 9.79 Å². The summed E-state index contributed by atoms with van der Waals surface area (Å²) in [7, 11) is -1.40. The molecule has 0 amide bonds. The molecule has 5 heteroatoms. The smallest absolute Gasteiger partial charge is 0.206 e. The van der Waals surface area contributed by atoms with Crippen molar-refractivity contribution in [3.05, 3.63) is 78.4 Å². The Balaban J connectivity index is 1.72. The molecule has 1 unspecified atom stereocenters. The molecule has 31 heavy (non-hydrogen) atoms. The van der Waals surface area contributed by atoms with Gasteiger partial charge in [-0.05, 0) is 67.3 Å². The second-order valence-electron chi connectivity index (χ2n) is 8.64. The van der Waals surface area contributed by atoms with E-state index in [2.05, 4.69) is 55.0 Å². The predicted octanol–water partition coefficient (Wildman–Crippen LogP) is 5.89. The molecule has 0 saturated heterocycles. The maximum absolute atomic E-state index is 13.4. The van der Waals surface area contributed by atoms with Gasteiger partial charge in [-0.2, -0.15) is 0 Å². The normalized spacial score (nSPS) is 19.0. The summed E-state index contributed by atoms with van der Waals surface area (Å²) in [6.07, 6.45) is 3.15. The van der Waals surface area contributed by atoms with Crippen molar-refractivity contribution in [1.82, 2.24) is 0 Å². The first kappa shape index (κ1) is 20.1. The zero-order valence-electron chi connectivity index (χ0n) is 18.2. The van der Waals surface area contributed by atoms with E-state index in [-0.39, 0.29) is 11.6 Å². The molecule has 2 aliphatic rings. The molecule has 2 heterocycles. The van der Waals surface area contributed by atoms with Crippen LogP contribution in [0.1, 0.15) is 38.7 Å². The molecule has 0 bridgehead atoms. The van der Waals surface area contributed by atoms with Gasteiger partial charge in [-0.1, -0.05) is 44.2 Å². The molecular formula is C26H28N2O2S. The Morgan fingerprint density at radius 1 is 0.839 bits per heavy atom. The minimum absolute atomic E-state index is 0.0605. The SMILES string of the molecule is CCC1(CC)CC2N(C)c3ccccc3N2c2ccc(S(=O)(=O)c3ccccc3)cc21. The lowest BCUT2D eigenvalue weighted by Gasteiger charge is -2.47. The number of hydrogen-bond donors (Lipinski definition) is 0. The fraction of sp³-hybridized carbons (Fsp3) is 0.308. The van der Waals surface area contributed by atoms with Crippen molar-refractivity contribution in [3.63, 3.8) is 0 Å². The monoisotopic (exact) mass is 432 g/mol. The minimum Gasteiger partial charge on any atom is -0.352 e. The number of rotatable bonds is 4. The van der Waals surface area contributed by atoms with Gasteiger partial charge in [0.1, 0.15) is 6.17 Å². The highest BCUT2D eigenvalue weighted by Crippen LogP contribution is 2.55. The van der Waals surface area contributed by atoms with Crippen LogP contribution < -0.4 is 9.80 Å². The first-order chi connectivity index (χ1) is 14.9. The van der Waals surface area contributed by atoms with Crippen LogP contribution in [0.4, 0.5) is 17.1 Å².